The van der Waals surface area contributed by atoms with E-state index in [1.54, 1.807) is 0 Å². The molecular weight excluding hydrogens is 945 g/mol. The van der Waals surface area contributed by atoms with Crippen molar-refractivity contribution in [2.75, 3.05) is 4.90 Å². The van der Waals surface area contributed by atoms with Crippen molar-refractivity contribution in [3.05, 3.63) is 290 Å². The molecule has 0 aliphatic rings. The van der Waals surface area contributed by atoms with Crippen molar-refractivity contribution < 1.29 is 0 Å². The molecule has 4 nitrogen and oxygen atoms in total. The number of hydrogen-bond acceptors (Lipinski definition) is 1. The highest BCUT2D eigenvalue weighted by Gasteiger charge is 2.19. The molecule has 0 unspecified atom stereocenters. The summed E-state index contributed by atoms with van der Waals surface area (Å²) in [7, 11) is 0. The van der Waals surface area contributed by atoms with Crippen LogP contribution in [0.25, 0.3) is 116 Å². The predicted molar refractivity (Wildman–Crippen MR) is 330 cm³/mol. The van der Waals surface area contributed by atoms with Gasteiger partial charge in [0.15, 0.2) is 0 Å². The van der Waals surface area contributed by atoms with Crippen molar-refractivity contribution in [1.29, 1.82) is 0 Å². The van der Waals surface area contributed by atoms with Gasteiger partial charge in [0.05, 0.1) is 33.1 Å². The lowest BCUT2D eigenvalue weighted by atomic mass is 10.00. The minimum atomic E-state index is 1.08. The maximum Gasteiger partial charge on any atom is 0.0541 e. The molecule has 78 heavy (non-hydrogen) atoms. The Morgan fingerprint density at radius 3 is 0.846 bits per heavy atom. The standard InChI is InChI=1S/C74H52N4/c1-49-22-39-70-64(44-49)67-47-55(31-42-73(67)77(70)58-16-8-4-9-17-58)52-26-35-61(36-27-52)75(60-33-24-51(25-34-60)54-30-41-72-66(46-54)63-20-12-13-21-69(63)76(72)57-14-6-3-7-15-57)62-37-28-53(29-38-62)56-32-43-74-68(48-56)65-45-50(2)23-40-71(65)78(74)59-18-10-5-11-19-59/h3-48H,1-2H3. The Morgan fingerprint density at radius 2 is 0.487 bits per heavy atom. The molecule has 0 spiro atoms. The van der Waals surface area contributed by atoms with E-state index >= 15 is 0 Å². The van der Waals surface area contributed by atoms with E-state index in [0.29, 0.717) is 0 Å². The van der Waals surface area contributed by atoms with E-state index in [1.807, 2.05) is 0 Å². The van der Waals surface area contributed by atoms with Crippen LogP contribution in [0.4, 0.5) is 17.1 Å². The summed E-state index contributed by atoms with van der Waals surface area (Å²) in [5.74, 6) is 0. The zero-order valence-corrected chi connectivity index (χ0v) is 43.3. The molecule has 3 aromatic heterocycles. The molecule has 15 rings (SSSR count). The monoisotopic (exact) mass is 996 g/mol. The molecule has 0 radical (unpaired) electrons. The molecule has 0 bridgehead atoms. The van der Waals surface area contributed by atoms with Crippen molar-refractivity contribution in [2.24, 2.45) is 0 Å². The van der Waals surface area contributed by atoms with Gasteiger partial charge >= 0.3 is 0 Å². The van der Waals surface area contributed by atoms with E-state index < -0.39 is 0 Å². The number of hydrogen-bond donors (Lipinski definition) is 0. The molecule has 3 heterocycles. The van der Waals surface area contributed by atoms with Crippen LogP contribution in [-0.4, -0.2) is 13.7 Å². The van der Waals surface area contributed by atoms with E-state index in [0.717, 1.165) is 34.1 Å². The third-order valence-electron chi connectivity index (χ3n) is 15.9. The number of nitrogens with zero attached hydrogens (tertiary/aromatic N) is 4. The molecule has 0 fully saturated rings. The molecule has 368 valence electrons. The van der Waals surface area contributed by atoms with Crippen LogP contribution in [0.3, 0.4) is 0 Å². The van der Waals surface area contributed by atoms with Crippen molar-refractivity contribution in [3.8, 4) is 50.4 Å². The molecule has 0 aliphatic heterocycles. The Labute approximate surface area is 453 Å². The van der Waals surface area contributed by atoms with Gasteiger partial charge in [0.2, 0.25) is 0 Å². The molecule has 0 atom stereocenters. The quantitative estimate of drug-likeness (QED) is 0.141. The Kier molecular flexibility index (Phi) is 10.6. The fraction of sp³-hybridized carbons (Fsp3) is 0.0270. The average molecular weight is 997 g/mol. The second kappa shape index (κ2) is 18.3. The topological polar surface area (TPSA) is 18.0 Å². The van der Waals surface area contributed by atoms with Gasteiger partial charge in [0.25, 0.3) is 0 Å². The van der Waals surface area contributed by atoms with Crippen molar-refractivity contribution >= 4 is 82.5 Å². The van der Waals surface area contributed by atoms with Gasteiger partial charge in [-0.15, -0.1) is 0 Å². The zero-order valence-electron chi connectivity index (χ0n) is 43.3. The number of rotatable bonds is 9. The SMILES string of the molecule is Cc1ccc2c(c1)c1cc(-c3ccc(N(c4ccc(-c5ccc6c(c5)c5ccccc5n6-c5ccccc5)cc4)c4ccc(-c5ccc6c(c5)c5cc(C)ccc5n6-c5ccccc5)cc4)cc3)ccc1n2-c1ccccc1. The van der Waals surface area contributed by atoms with Gasteiger partial charge in [0.1, 0.15) is 0 Å². The summed E-state index contributed by atoms with van der Waals surface area (Å²) in [5.41, 5.74) is 23.5. The first-order valence-electron chi connectivity index (χ1n) is 26.9. The highest BCUT2D eigenvalue weighted by molar-refractivity contribution is 6.13. The highest BCUT2D eigenvalue weighted by atomic mass is 15.1. The molecule has 0 aliphatic carbocycles. The van der Waals surface area contributed by atoms with Crippen LogP contribution < -0.4 is 4.90 Å². The lowest BCUT2D eigenvalue weighted by Gasteiger charge is -2.26. The van der Waals surface area contributed by atoms with Crippen LogP contribution in [0.1, 0.15) is 11.1 Å². The molecule has 0 saturated carbocycles. The Morgan fingerprint density at radius 1 is 0.218 bits per heavy atom. The van der Waals surface area contributed by atoms with Gasteiger partial charge in [-0.05, 0) is 187 Å². The maximum atomic E-state index is 2.39. The van der Waals surface area contributed by atoms with Gasteiger partial charge < -0.3 is 18.6 Å². The molecule has 0 amide bonds. The second-order valence-corrected chi connectivity index (χ2v) is 20.7. The summed E-state index contributed by atoms with van der Waals surface area (Å²) < 4.78 is 7.15. The first-order chi connectivity index (χ1) is 38.5. The number of fused-ring (bicyclic) bond motifs is 9. The van der Waals surface area contributed by atoms with Crippen LogP contribution in [0.2, 0.25) is 0 Å². The smallest absolute Gasteiger partial charge is 0.0541 e. The van der Waals surface area contributed by atoms with Gasteiger partial charge in [-0.25, -0.2) is 0 Å². The van der Waals surface area contributed by atoms with Gasteiger partial charge in [-0.2, -0.15) is 0 Å². The molecule has 12 aromatic carbocycles. The third-order valence-corrected chi connectivity index (χ3v) is 15.9. The Balaban J connectivity index is 0.817. The van der Waals surface area contributed by atoms with Crippen molar-refractivity contribution in [3.63, 3.8) is 0 Å². The summed E-state index contributed by atoms with van der Waals surface area (Å²) in [6.45, 7) is 4.36. The number of aryl methyl sites for hydroxylation is 2. The number of para-hydroxylation sites is 4. The zero-order chi connectivity index (χ0) is 51.8. The summed E-state index contributed by atoms with van der Waals surface area (Å²) in [6, 6.07) is 102. The second-order valence-electron chi connectivity index (χ2n) is 20.7. The van der Waals surface area contributed by atoms with Crippen LogP contribution in [-0.2, 0) is 0 Å². The van der Waals surface area contributed by atoms with Crippen LogP contribution in [0.15, 0.2) is 279 Å². The van der Waals surface area contributed by atoms with Crippen molar-refractivity contribution in [2.45, 2.75) is 13.8 Å². The van der Waals surface area contributed by atoms with Gasteiger partial charge in [0, 0.05) is 66.4 Å². The van der Waals surface area contributed by atoms with E-state index in [1.165, 1.54) is 110 Å². The minimum Gasteiger partial charge on any atom is -0.311 e. The normalized spacial score (nSPS) is 11.7. The minimum absolute atomic E-state index is 1.08. The van der Waals surface area contributed by atoms with E-state index in [-0.39, 0.29) is 0 Å². The Bertz CT molecular complexity index is 4550. The first-order valence-corrected chi connectivity index (χ1v) is 26.9. The number of aromatic nitrogens is 3. The summed E-state index contributed by atoms with van der Waals surface area (Å²) in [5, 5.41) is 7.51. The summed E-state index contributed by atoms with van der Waals surface area (Å²) in [6.07, 6.45) is 0. The van der Waals surface area contributed by atoms with E-state index in [2.05, 4.69) is 312 Å². The fourth-order valence-corrected chi connectivity index (χ4v) is 12.2. The molecule has 4 heteroatoms. The van der Waals surface area contributed by atoms with Crippen LogP contribution >= 0.6 is 0 Å². The van der Waals surface area contributed by atoms with Crippen LogP contribution in [0, 0.1) is 13.8 Å². The Hall–Kier alpha value is -10.2. The van der Waals surface area contributed by atoms with Crippen LogP contribution in [0.5, 0.6) is 0 Å². The highest BCUT2D eigenvalue weighted by Crippen LogP contribution is 2.42. The largest absolute Gasteiger partial charge is 0.311 e. The average Bonchev–Trinajstić information content (AvgIpc) is 4.19. The lowest BCUT2D eigenvalue weighted by molar-refractivity contribution is 1.18. The maximum absolute atomic E-state index is 2.39. The summed E-state index contributed by atoms with van der Waals surface area (Å²) in [4.78, 5) is 2.38. The van der Waals surface area contributed by atoms with E-state index in [4.69, 9.17) is 0 Å². The third kappa shape index (κ3) is 7.52. The fourth-order valence-electron chi connectivity index (χ4n) is 12.2. The predicted octanol–water partition coefficient (Wildman–Crippen LogP) is 20.1. The molecule has 0 saturated heterocycles. The number of benzene rings is 12. The van der Waals surface area contributed by atoms with E-state index in [9.17, 15) is 0 Å². The molecule has 0 N–H and O–H groups in total. The molecule has 15 aromatic rings. The lowest BCUT2D eigenvalue weighted by Crippen LogP contribution is -2.09. The molecular formula is C74H52N4. The first kappa shape index (κ1) is 45.3. The van der Waals surface area contributed by atoms with Gasteiger partial charge in [-0.1, -0.05) is 151 Å². The number of anilines is 3. The summed E-state index contributed by atoms with van der Waals surface area (Å²) >= 11 is 0. The van der Waals surface area contributed by atoms with Gasteiger partial charge in [-0.3, -0.25) is 0 Å². The van der Waals surface area contributed by atoms with Crippen molar-refractivity contribution in [1.82, 2.24) is 13.7 Å².